The van der Waals surface area contributed by atoms with Crippen LogP contribution in [0.5, 0.6) is 0 Å². The zero-order chi connectivity index (χ0) is 26.4. The lowest BCUT2D eigenvalue weighted by molar-refractivity contribution is -0.151. The van der Waals surface area contributed by atoms with E-state index in [2.05, 4.69) is 5.32 Å². The minimum absolute atomic E-state index is 0.0401. The van der Waals surface area contributed by atoms with Crippen molar-refractivity contribution < 1.29 is 33.4 Å². The van der Waals surface area contributed by atoms with E-state index >= 15 is 0 Å². The standard InChI is InChI=1S/C27H35N3O7/c1-3-4-12-22-24(31)30-16-20(14-23(30)25(32)35-2)37-27(34)29-15-19-11-8-10-18(21(19)17-29)9-6-5-7-13-36-26(33)28-22/h6,8-11,20,22-23H,3-5,7,12-17H2,1-2H3,(H,28,33)/b9-6+/t20-,22+,23+/m1/s1. The van der Waals surface area contributed by atoms with Crippen LogP contribution in [0.15, 0.2) is 24.3 Å². The molecule has 3 aliphatic rings. The summed E-state index contributed by atoms with van der Waals surface area (Å²) in [5.74, 6) is -1.01. The van der Waals surface area contributed by atoms with Gasteiger partial charge in [0, 0.05) is 13.0 Å². The summed E-state index contributed by atoms with van der Waals surface area (Å²) in [6, 6.07) is 4.20. The Morgan fingerprint density at radius 2 is 2.05 bits per heavy atom. The van der Waals surface area contributed by atoms with Crippen LogP contribution in [0.25, 0.3) is 6.08 Å². The van der Waals surface area contributed by atoms with Crippen molar-refractivity contribution in [1.29, 1.82) is 0 Å². The van der Waals surface area contributed by atoms with Crippen LogP contribution < -0.4 is 5.32 Å². The molecule has 3 heterocycles. The zero-order valence-corrected chi connectivity index (χ0v) is 21.4. The molecular formula is C27H35N3O7. The van der Waals surface area contributed by atoms with E-state index in [1.165, 1.54) is 12.0 Å². The second-order valence-electron chi connectivity index (χ2n) is 9.63. The molecular weight excluding hydrogens is 478 g/mol. The fourth-order valence-corrected chi connectivity index (χ4v) is 5.06. The maximum atomic E-state index is 13.5. The number of allylic oxidation sites excluding steroid dienone is 1. The van der Waals surface area contributed by atoms with Crippen LogP contribution >= 0.6 is 0 Å². The highest BCUT2D eigenvalue weighted by Crippen LogP contribution is 2.29. The van der Waals surface area contributed by atoms with E-state index in [0.29, 0.717) is 38.8 Å². The van der Waals surface area contributed by atoms with Crippen molar-refractivity contribution in [2.75, 3.05) is 20.3 Å². The average molecular weight is 514 g/mol. The predicted octanol–water partition coefficient (Wildman–Crippen LogP) is 3.37. The van der Waals surface area contributed by atoms with Gasteiger partial charge in [-0.2, -0.15) is 0 Å². The number of benzene rings is 1. The van der Waals surface area contributed by atoms with E-state index in [-0.39, 0.29) is 19.6 Å². The number of nitrogens with zero attached hydrogens (tertiary/aromatic N) is 2. The second kappa shape index (κ2) is 12.1. The maximum absolute atomic E-state index is 13.5. The summed E-state index contributed by atoms with van der Waals surface area (Å²) in [7, 11) is 1.26. The van der Waals surface area contributed by atoms with Crippen LogP contribution in [-0.2, 0) is 36.9 Å². The van der Waals surface area contributed by atoms with Gasteiger partial charge in [-0.25, -0.2) is 14.4 Å². The molecule has 1 aromatic carbocycles. The number of unbranched alkanes of at least 4 members (excludes halogenated alkanes) is 1. The lowest BCUT2D eigenvalue weighted by Crippen LogP contribution is -2.52. The lowest BCUT2D eigenvalue weighted by atomic mass is 10.0. The van der Waals surface area contributed by atoms with Crippen molar-refractivity contribution >= 4 is 30.1 Å². The summed E-state index contributed by atoms with van der Waals surface area (Å²) in [4.78, 5) is 54.6. The molecule has 4 bridgehead atoms. The Morgan fingerprint density at radius 3 is 2.84 bits per heavy atom. The molecule has 0 spiro atoms. The van der Waals surface area contributed by atoms with Crippen molar-refractivity contribution in [3.63, 3.8) is 0 Å². The third kappa shape index (κ3) is 6.23. The van der Waals surface area contributed by atoms with Gasteiger partial charge in [-0.1, -0.05) is 50.1 Å². The SMILES string of the molecule is CCCC[C@@H]1NC(=O)OCCC/C=C/c2cccc3c2CN(C3)C(=O)O[C@@H]2C[C@@H](C(=O)OC)N(C2)C1=O. The van der Waals surface area contributed by atoms with Crippen LogP contribution in [0.4, 0.5) is 9.59 Å². The molecule has 3 atom stereocenters. The molecule has 0 radical (unpaired) electrons. The van der Waals surface area contributed by atoms with Gasteiger partial charge < -0.3 is 24.4 Å². The van der Waals surface area contributed by atoms with Crippen molar-refractivity contribution in [2.24, 2.45) is 0 Å². The zero-order valence-electron chi connectivity index (χ0n) is 21.4. The largest absolute Gasteiger partial charge is 0.467 e. The first-order chi connectivity index (χ1) is 17.9. The molecule has 3 amide bonds. The number of fused-ring (bicyclic) bond motifs is 3. The molecule has 1 saturated heterocycles. The third-order valence-electron chi connectivity index (χ3n) is 7.05. The molecule has 1 fully saturated rings. The predicted molar refractivity (Wildman–Crippen MR) is 134 cm³/mol. The molecule has 0 saturated carbocycles. The number of carbonyl (C=O) groups excluding carboxylic acids is 4. The molecule has 0 unspecified atom stereocenters. The highest BCUT2D eigenvalue weighted by atomic mass is 16.6. The van der Waals surface area contributed by atoms with Crippen molar-refractivity contribution in [2.45, 2.75) is 76.7 Å². The number of methoxy groups -OCH3 is 1. The fourth-order valence-electron chi connectivity index (χ4n) is 5.06. The highest BCUT2D eigenvalue weighted by molar-refractivity contribution is 5.90. The first-order valence-electron chi connectivity index (χ1n) is 13.0. The summed E-state index contributed by atoms with van der Waals surface area (Å²) in [6.45, 7) is 3.10. The Hall–Kier alpha value is -3.56. The van der Waals surface area contributed by atoms with Crippen LogP contribution in [0, 0.1) is 0 Å². The van der Waals surface area contributed by atoms with Gasteiger partial charge in [-0.3, -0.25) is 9.69 Å². The number of cyclic esters (lactones) is 1. The van der Waals surface area contributed by atoms with Gasteiger partial charge in [-0.15, -0.1) is 0 Å². The van der Waals surface area contributed by atoms with Crippen LogP contribution in [0.1, 0.15) is 62.1 Å². The molecule has 4 rings (SSSR count). The lowest BCUT2D eigenvalue weighted by Gasteiger charge is -2.27. The minimum atomic E-state index is -0.907. The maximum Gasteiger partial charge on any atom is 0.410 e. The average Bonchev–Trinajstić information content (AvgIpc) is 3.52. The first-order valence-corrected chi connectivity index (χ1v) is 13.0. The van der Waals surface area contributed by atoms with E-state index in [0.717, 1.165) is 23.1 Å². The van der Waals surface area contributed by atoms with Gasteiger partial charge in [0.15, 0.2) is 0 Å². The van der Waals surface area contributed by atoms with E-state index in [9.17, 15) is 19.2 Å². The monoisotopic (exact) mass is 513 g/mol. The summed E-state index contributed by atoms with van der Waals surface area (Å²) < 4.78 is 16.0. The number of hydrogen-bond donors (Lipinski definition) is 1. The van der Waals surface area contributed by atoms with Crippen molar-refractivity contribution in [1.82, 2.24) is 15.1 Å². The Labute approximate surface area is 216 Å². The molecule has 0 aromatic heterocycles. The normalized spacial score (nSPS) is 25.4. The van der Waals surface area contributed by atoms with E-state index < -0.39 is 42.3 Å². The summed E-state index contributed by atoms with van der Waals surface area (Å²) in [6.07, 6.45) is 5.60. The fraction of sp³-hybridized carbons (Fsp3) is 0.556. The van der Waals surface area contributed by atoms with Crippen molar-refractivity contribution in [3.8, 4) is 0 Å². The van der Waals surface area contributed by atoms with Gasteiger partial charge in [0.1, 0.15) is 18.2 Å². The number of nitrogens with one attached hydrogen (secondary N) is 1. The van der Waals surface area contributed by atoms with E-state index in [1.54, 1.807) is 4.90 Å². The van der Waals surface area contributed by atoms with Gasteiger partial charge >= 0.3 is 18.2 Å². The third-order valence-corrected chi connectivity index (χ3v) is 7.05. The highest BCUT2D eigenvalue weighted by Gasteiger charge is 2.44. The van der Waals surface area contributed by atoms with Gasteiger partial charge in [0.25, 0.3) is 0 Å². The topological polar surface area (TPSA) is 114 Å². The Kier molecular flexibility index (Phi) is 8.68. The number of carbonyl (C=O) groups is 4. The molecule has 200 valence electrons. The smallest absolute Gasteiger partial charge is 0.410 e. The summed E-state index contributed by atoms with van der Waals surface area (Å²) >= 11 is 0. The van der Waals surface area contributed by atoms with Gasteiger partial charge in [0.2, 0.25) is 5.91 Å². The van der Waals surface area contributed by atoms with E-state index in [1.807, 2.05) is 37.3 Å². The van der Waals surface area contributed by atoms with Crippen molar-refractivity contribution in [3.05, 3.63) is 41.0 Å². The van der Waals surface area contributed by atoms with Crippen LogP contribution in [0.3, 0.4) is 0 Å². The number of alkyl carbamates (subject to hydrolysis) is 1. The summed E-state index contributed by atoms with van der Waals surface area (Å²) in [5, 5.41) is 2.67. The van der Waals surface area contributed by atoms with Crippen LogP contribution in [-0.4, -0.2) is 72.3 Å². The molecule has 1 aromatic rings. The minimum Gasteiger partial charge on any atom is -0.467 e. The first kappa shape index (κ1) is 26.5. The molecule has 10 heteroatoms. The Morgan fingerprint density at radius 1 is 1.22 bits per heavy atom. The molecule has 10 nitrogen and oxygen atoms in total. The summed E-state index contributed by atoms with van der Waals surface area (Å²) in [5.41, 5.74) is 3.16. The molecule has 0 aliphatic carbocycles. The number of ether oxygens (including phenoxy) is 3. The second-order valence-corrected chi connectivity index (χ2v) is 9.63. The van der Waals surface area contributed by atoms with Gasteiger partial charge in [0.05, 0.1) is 26.8 Å². The molecule has 37 heavy (non-hydrogen) atoms. The number of esters is 1. The van der Waals surface area contributed by atoms with E-state index in [4.69, 9.17) is 14.2 Å². The molecule has 3 aliphatic heterocycles. The Bertz CT molecular complexity index is 1060. The Balaban J connectivity index is 1.58. The quantitative estimate of drug-likeness (QED) is 0.485. The van der Waals surface area contributed by atoms with Gasteiger partial charge in [-0.05, 0) is 36.0 Å². The van der Waals surface area contributed by atoms with Crippen LogP contribution in [0.2, 0.25) is 0 Å². The number of hydrogen-bond acceptors (Lipinski definition) is 7. The number of rotatable bonds is 4. The number of amides is 3. The molecule has 1 N–H and O–H groups in total.